The number of aliphatic hydroxyl groups excluding tert-OH is 1. The third-order valence-electron chi connectivity index (χ3n) is 1.99. The Hall–Kier alpha value is -0.380. The van der Waals surface area contributed by atoms with Gasteiger partial charge in [0.05, 0.1) is 6.10 Å². The van der Waals surface area contributed by atoms with Gasteiger partial charge in [-0.05, 0) is 25.7 Å². The van der Waals surface area contributed by atoms with Gasteiger partial charge in [-0.15, -0.1) is 0 Å². The summed E-state index contributed by atoms with van der Waals surface area (Å²) in [5, 5.41) is 9.73. The van der Waals surface area contributed by atoms with Crippen LogP contribution in [0.4, 0.5) is 0 Å². The highest BCUT2D eigenvalue weighted by atomic mass is 79.9. The number of likely N-dealkylation sites (N-methyl/N-ethyl adjacent to an activating group) is 1. The minimum Gasteiger partial charge on any atom is -0.391 e. The standard InChI is InChI=1S/C11H16BrNO/c1-13(2)8-10(14)7-9-5-3-4-6-11(9)12/h3-6,10,14H,7-8H2,1-2H3. The molecule has 0 saturated heterocycles. The van der Waals surface area contributed by atoms with Gasteiger partial charge in [0.1, 0.15) is 0 Å². The summed E-state index contributed by atoms with van der Waals surface area (Å²) in [6, 6.07) is 8.00. The number of hydrogen-bond donors (Lipinski definition) is 1. The van der Waals surface area contributed by atoms with Gasteiger partial charge in [0.25, 0.3) is 0 Å². The highest BCUT2D eigenvalue weighted by Gasteiger charge is 2.08. The molecule has 1 aromatic carbocycles. The predicted molar refractivity (Wildman–Crippen MR) is 62.4 cm³/mol. The fourth-order valence-corrected chi connectivity index (χ4v) is 1.85. The van der Waals surface area contributed by atoms with Gasteiger partial charge in [-0.1, -0.05) is 34.1 Å². The molecule has 0 aliphatic rings. The summed E-state index contributed by atoms with van der Waals surface area (Å²) in [4.78, 5) is 1.99. The zero-order valence-electron chi connectivity index (χ0n) is 8.57. The average Bonchev–Trinajstić information content (AvgIpc) is 2.07. The third kappa shape index (κ3) is 3.78. The second-order valence-electron chi connectivity index (χ2n) is 3.71. The molecule has 0 heterocycles. The van der Waals surface area contributed by atoms with Gasteiger partial charge in [-0.2, -0.15) is 0 Å². The molecule has 0 radical (unpaired) electrons. The quantitative estimate of drug-likeness (QED) is 0.891. The van der Waals surface area contributed by atoms with E-state index < -0.39 is 0 Å². The first-order chi connectivity index (χ1) is 6.59. The normalized spacial score (nSPS) is 13.2. The average molecular weight is 258 g/mol. The zero-order valence-corrected chi connectivity index (χ0v) is 10.2. The summed E-state index contributed by atoms with van der Waals surface area (Å²) in [5.41, 5.74) is 1.15. The lowest BCUT2D eigenvalue weighted by molar-refractivity contribution is 0.137. The lowest BCUT2D eigenvalue weighted by Gasteiger charge is -2.16. The topological polar surface area (TPSA) is 23.5 Å². The highest BCUT2D eigenvalue weighted by molar-refractivity contribution is 9.10. The van der Waals surface area contributed by atoms with Gasteiger partial charge >= 0.3 is 0 Å². The van der Waals surface area contributed by atoms with Crippen LogP contribution in [0.3, 0.4) is 0 Å². The van der Waals surface area contributed by atoms with E-state index in [1.54, 1.807) is 0 Å². The Bertz CT molecular complexity index is 288. The Kier molecular flexibility index (Phi) is 4.58. The zero-order chi connectivity index (χ0) is 10.6. The molecule has 0 aliphatic heterocycles. The molecular weight excluding hydrogens is 242 g/mol. The van der Waals surface area contributed by atoms with E-state index in [1.807, 2.05) is 43.3 Å². The van der Waals surface area contributed by atoms with Crippen LogP contribution in [0.5, 0.6) is 0 Å². The number of hydrogen-bond acceptors (Lipinski definition) is 2. The Morgan fingerprint density at radius 2 is 2.00 bits per heavy atom. The number of benzene rings is 1. The van der Waals surface area contributed by atoms with E-state index in [4.69, 9.17) is 0 Å². The molecule has 2 nitrogen and oxygen atoms in total. The van der Waals surface area contributed by atoms with Gasteiger partial charge in [-0.25, -0.2) is 0 Å². The van der Waals surface area contributed by atoms with E-state index >= 15 is 0 Å². The fourth-order valence-electron chi connectivity index (χ4n) is 1.40. The van der Waals surface area contributed by atoms with Crippen LogP contribution in [0.25, 0.3) is 0 Å². The molecule has 1 rings (SSSR count). The first-order valence-corrected chi connectivity index (χ1v) is 5.45. The monoisotopic (exact) mass is 257 g/mol. The van der Waals surface area contributed by atoms with E-state index in [0.717, 1.165) is 10.0 Å². The predicted octanol–water partition coefficient (Wildman–Crippen LogP) is 1.91. The summed E-state index contributed by atoms with van der Waals surface area (Å²) in [6.45, 7) is 0.696. The van der Waals surface area contributed by atoms with Crippen LogP contribution in [0.15, 0.2) is 28.7 Å². The Labute approximate surface area is 93.7 Å². The summed E-state index contributed by atoms with van der Waals surface area (Å²) in [5.74, 6) is 0. The molecular formula is C11H16BrNO. The highest BCUT2D eigenvalue weighted by Crippen LogP contribution is 2.17. The van der Waals surface area contributed by atoms with Crippen molar-refractivity contribution in [3.8, 4) is 0 Å². The first kappa shape index (κ1) is 11.7. The van der Waals surface area contributed by atoms with Crippen LogP contribution in [0, 0.1) is 0 Å². The molecule has 0 spiro atoms. The molecule has 1 N–H and O–H groups in total. The number of halogens is 1. The summed E-state index contributed by atoms with van der Waals surface area (Å²) < 4.78 is 1.07. The van der Waals surface area contributed by atoms with Crippen LogP contribution in [0.2, 0.25) is 0 Å². The van der Waals surface area contributed by atoms with E-state index in [2.05, 4.69) is 15.9 Å². The first-order valence-electron chi connectivity index (χ1n) is 4.66. The molecule has 14 heavy (non-hydrogen) atoms. The van der Waals surface area contributed by atoms with Gasteiger partial charge in [0.2, 0.25) is 0 Å². The van der Waals surface area contributed by atoms with E-state index in [9.17, 15) is 5.11 Å². The smallest absolute Gasteiger partial charge is 0.0707 e. The van der Waals surface area contributed by atoms with Crippen LogP contribution in [-0.4, -0.2) is 36.8 Å². The van der Waals surface area contributed by atoms with E-state index in [0.29, 0.717) is 13.0 Å². The Morgan fingerprint density at radius 3 is 2.57 bits per heavy atom. The van der Waals surface area contributed by atoms with Gasteiger partial charge in [0, 0.05) is 17.4 Å². The molecule has 3 heteroatoms. The Morgan fingerprint density at radius 1 is 1.36 bits per heavy atom. The van der Waals surface area contributed by atoms with Crippen LogP contribution in [-0.2, 0) is 6.42 Å². The van der Waals surface area contributed by atoms with Gasteiger partial charge in [0.15, 0.2) is 0 Å². The number of aliphatic hydroxyl groups is 1. The minimum atomic E-state index is -0.302. The van der Waals surface area contributed by atoms with Crippen molar-refractivity contribution in [1.82, 2.24) is 4.90 Å². The lowest BCUT2D eigenvalue weighted by atomic mass is 10.1. The maximum absolute atomic E-state index is 9.73. The molecule has 0 amide bonds. The molecule has 1 atom stereocenters. The van der Waals surface area contributed by atoms with E-state index in [-0.39, 0.29) is 6.10 Å². The molecule has 1 unspecified atom stereocenters. The van der Waals surface area contributed by atoms with Crippen molar-refractivity contribution in [2.75, 3.05) is 20.6 Å². The molecule has 0 saturated carbocycles. The fraction of sp³-hybridized carbons (Fsp3) is 0.455. The third-order valence-corrected chi connectivity index (χ3v) is 2.76. The molecule has 78 valence electrons. The molecule has 0 bridgehead atoms. The number of rotatable bonds is 4. The van der Waals surface area contributed by atoms with Crippen molar-refractivity contribution in [3.63, 3.8) is 0 Å². The second-order valence-corrected chi connectivity index (χ2v) is 4.57. The van der Waals surface area contributed by atoms with Crippen LogP contribution in [0.1, 0.15) is 5.56 Å². The van der Waals surface area contributed by atoms with Crippen molar-refractivity contribution < 1.29 is 5.11 Å². The van der Waals surface area contributed by atoms with Crippen LogP contribution < -0.4 is 0 Å². The van der Waals surface area contributed by atoms with Crippen molar-refractivity contribution in [3.05, 3.63) is 34.3 Å². The number of nitrogens with zero attached hydrogens (tertiary/aromatic N) is 1. The van der Waals surface area contributed by atoms with Crippen molar-refractivity contribution in [2.45, 2.75) is 12.5 Å². The summed E-state index contributed by atoms with van der Waals surface area (Å²) in [7, 11) is 3.92. The minimum absolute atomic E-state index is 0.302. The Balaban J connectivity index is 2.56. The van der Waals surface area contributed by atoms with Crippen LogP contribution >= 0.6 is 15.9 Å². The second kappa shape index (κ2) is 5.49. The van der Waals surface area contributed by atoms with E-state index in [1.165, 1.54) is 0 Å². The van der Waals surface area contributed by atoms with Crippen molar-refractivity contribution in [2.24, 2.45) is 0 Å². The summed E-state index contributed by atoms with van der Waals surface area (Å²) in [6.07, 6.45) is 0.392. The molecule has 1 aromatic rings. The maximum Gasteiger partial charge on any atom is 0.0707 e. The van der Waals surface area contributed by atoms with Gasteiger partial charge < -0.3 is 10.0 Å². The maximum atomic E-state index is 9.73. The van der Waals surface area contributed by atoms with Gasteiger partial charge in [-0.3, -0.25) is 0 Å². The lowest BCUT2D eigenvalue weighted by Crippen LogP contribution is -2.27. The van der Waals surface area contributed by atoms with Crippen molar-refractivity contribution >= 4 is 15.9 Å². The largest absolute Gasteiger partial charge is 0.391 e. The molecule has 0 aromatic heterocycles. The SMILES string of the molecule is CN(C)CC(O)Cc1ccccc1Br. The van der Waals surface area contributed by atoms with Crippen molar-refractivity contribution in [1.29, 1.82) is 0 Å². The molecule has 0 fully saturated rings. The molecule has 0 aliphatic carbocycles. The summed E-state index contributed by atoms with van der Waals surface area (Å²) >= 11 is 3.47.